The topological polar surface area (TPSA) is 109 Å². The average molecular weight is 765 g/mol. The van der Waals surface area contributed by atoms with Crippen LogP contribution in [-0.4, -0.2) is 25.9 Å². The molecule has 0 atom stereocenters. The van der Waals surface area contributed by atoms with Crippen molar-refractivity contribution >= 4 is 54.7 Å². The van der Waals surface area contributed by atoms with Gasteiger partial charge in [0.2, 0.25) is 0 Å². The van der Waals surface area contributed by atoms with Gasteiger partial charge in [-0.15, -0.1) is 0 Å². The molecule has 6 aromatic carbocycles. The maximum absolute atomic E-state index is 11.9. The van der Waals surface area contributed by atoms with E-state index >= 15 is 0 Å². The zero-order valence-electron chi connectivity index (χ0n) is 29.1. The molecule has 0 amide bonds. The molecule has 0 unspecified atom stereocenters. The summed E-state index contributed by atoms with van der Waals surface area (Å²) in [6.07, 6.45) is 3.41. The quantitative estimate of drug-likeness (QED) is 0.163. The van der Waals surface area contributed by atoms with Gasteiger partial charge in [-0.25, -0.2) is 0 Å². The molecule has 8 heteroatoms. The number of fused-ring (bicyclic) bond motifs is 2. The Morgan fingerprint density at radius 1 is 0.382 bits per heavy atom. The summed E-state index contributed by atoms with van der Waals surface area (Å²) in [6.45, 7) is 0. The molecule has 55 heavy (non-hydrogen) atoms. The highest BCUT2D eigenvalue weighted by molar-refractivity contribution is 7.90. The van der Waals surface area contributed by atoms with Crippen molar-refractivity contribution in [2.75, 3.05) is 0 Å². The lowest BCUT2D eigenvalue weighted by molar-refractivity contribution is 0.488. The fourth-order valence-corrected chi connectivity index (χ4v) is 8.22. The van der Waals surface area contributed by atoms with Gasteiger partial charge < -0.3 is 0 Å². The van der Waals surface area contributed by atoms with E-state index in [1.807, 2.05) is 170 Å². The highest BCUT2D eigenvalue weighted by Crippen LogP contribution is 2.43. The third kappa shape index (κ3) is 8.75. The normalized spacial score (nSPS) is 13.4. The van der Waals surface area contributed by atoms with Crippen molar-refractivity contribution in [2.45, 2.75) is 20.3 Å². The van der Waals surface area contributed by atoms with E-state index in [0.717, 1.165) is 66.8 Å². The molecular formula is C47H40O6S2. The van der Waals surface area contributed by atoms with Crippen LogP contribution < -0.4 is 0 Å². The van der Waals surface area contributed by atoms with E-state index < -0.39 is 20.2 Å². The molecule has 0 saturated carbocycles. The van der Waals surface area contributed by atoms with Crippen LogP contribution in [0.5, 0.6) is 0 Å². The first kappa shape index (κ1) is 38.8. The van der Waals surface area contributed by atoms with E-state index in [2.05, 4.69) is 0 Å². The molecule has 0 aromatic heterocycles. The van der Waals surface area contributed by atoms with Crippen molar-refractivity contribution in [2.24, 2.45) is 0 Å². The zero-order valence-corrected chi connectivity index (χ0v) is 30.7. The van der Waals surface area contributed by atoms with Crippen LogP contribution in [0.25, 0.3) is 34.4 Å². The summed E-state index contributed by atoms with van der Waals surface area (Å²) in [7, 11) is -8.54. The highest BCUT2D eigenvalue weighted by atomic mass is 32.2. The van der Waals surface area contributed by atoms with Gasteiger partial charge in [-0.3, -0.25) is 9.11 Å². The second-order valence-electron chi connectivity index (χ2n) is 12.9. The molecule has 6 aromatic rings. The average Bonchev–Trinajstić information content (AvgIpc) is 3.19. The van der Waals surface area contributed by atoms with Gasteiger partial charge in [0.15, 0.2) is 0 Å². The SMILES string of the molecule is C.O=S(=O)(O)C1=Cc2ccccc2C(=C(c2ccccc2)c2ccccc2)C1.O=S(=O)(O)C1=Cc2ccccc2C(=C(c2ccccc2)c2ccccc2)C1. The number of hydrogen-bond donors (Lipinski definition) is 2. The molecule has 0 heterocycles. The first-order valence-corrected chi connectivity index (χ1v) is 20.2. The first-order chi connectivity index (χ1) is 26.1. The van der Waals surface area contributed by atoms with Gasteiger partial charge in [-0.1, -0.05) is 177 Å². The van der Waals surface area contributed by atoms with Crippen LogP contribution in [0.1, 0.15) is 64.8 Å². The lowest BCUT2D eigenvalue weighted by Gasteiger charge is -2.23. The maximum Gasteiger partial charge on any atom is 0.290 e. The largest absolute Gasteiger partial charge is 0.290 e. The Balaban J connectivity index is 0.000000184. The van der Waals surface area contributed by atoms with E-state index in [4.69, 9.17) is 0 Å². The molecule has 8 rings (SSSR count). The fourth-order valence-electron chi connectivity index (χ4n) is 7.01. The van der Waals surface area contributed by atoms with Crippen molar-refractivity contribution in [1.82, 2.24) is 0 Å². The van der Waals surface area contributed by atoms with E-state index in [-0.39, 0.29) is 30.1 Å². The van der Waals surface area contributed by atoms with Crippen LogP contribution in [0.4, 0.5) is 0 Å². The van der Waals surface area contributed by atoms with Crippen LogP contribution in [0.15, 0.2) is 180 Å². The van der Waals surface area contributed by atoms with Crippen molar-refractivity contribution in [3.63, 3.8) is 0 Å². The first-order valence-electron chi connectivity index (χ1n) is 17.3. The van der Waals surface area contributed by atoms with Gasteiger partial charge in [0.1, 0.15) is 0 Å². The molecule has 0 radical (unpaired) electrons. The Morgan fingerprint density at radius 2 is 0.636 bits per heavy atom. The smallest absolute Gasteiger partial charge is 0.282 e. The Kier molecular flexibility index (Phi) is 11.7. The molecule has 0 spiro atoms. The summed E-state index contributed by atoms with van der Waals surface area (Å²) in [6, 6.07) is 55.0. The van der Waals surface area contributed by atoms with Crippen LogP contribution >= 0.6 is 0 Å². The Morgan fingerprint density at radius 3 is 0.909 bits per heavy atom. The van der Waals surface area contributed by atoms with E-state index in [9.17, 15) is 25.9 Å². The van der Waals surface area contributed by atoms with Gasteiger partial charge in [-0.2, -0.15) is 16.8 Å². The van der Waals surface area contributed by atoms with Crippen molar-refractivity contribution in [3.8, 4) is 0 Å². The minimum absolute atomic E-state index is 0. The van der Waals surface area contributed by atoms with Crippen molar-refractivity contribution < 1.29 is 25.9 Å². The predicted molar refractivity (Wildman–Crippen MR) is 226 cm³/mol. The summed E-state index contributed by atoms with van der Waals surface area (Å²) in [5, 5.41) is 0. The van der Waals surface area contributed by atoms with Crippen LogP contribution in [0, 0.1) is 0 Å². The molecule has 0 aliphatic heterocycles. The van der Waals surface area contributed by atoms with Gasteiger partial charge in [-0.05, 0) is 79.0 Å². The molecule has 0 fully saturated rings. The van der Waals surface area contributed by atoms with E-state index in [1.165, 1.54) is 0 Å². The van der Waals surface area contributed by atoms with Gasteiger partial charge in [0.05, 0.1) is 9.81 Å². The summed E-state index contributed by atoms with van der Waals surface area (Å²) in [5.74, 6) is 0. The number of hydrogen-bond acceptors (Lipinski definition) is 4. The van der Waals surface area contributed by atoms with Crippen LogP contribution in [0.2, 0.25) is 0 Å². The molecule has 2 N–H and O–H groups in total. The minimum Gasteiger partial charge on any atom is -0.282 e. The summed E-state index contributed by atoms with van der Waals surface area (Å²) < 4.78 is 67.0. The molecule has 6 nitrogen and oxygen atoms in total. The lowest BCUT2D eigenvalue weighted by atomic mass is 9.83. The molecule has 0 saturated heterocycles. The lowest BCUT2D eigenvalue weighted by Crippen LogP contribution is -2.09. The molecule has 276 valence electrons. The summed E-state index contributed by atoms with van der Waals surface area (Å²) in [4.78, 5) is 0.0288. The monoisotopic (exact) mass is 764 g/mol. The highest BCUT2D eigenvalue weighted by Gasteiger charge is 2.27. The number of benzene rings is 6. The Hall–Kier alpha value is -5.90. The van der Waals surface area contributed by atoms with Crippen molar-refractivity contribution in [1.29, 1.82) is 0 Å². The minimum atomic E-state index is -4.27. The maximum atomic E-state index is 11.9. The third-order valence-electron chi connectivity index (χ3n) is 9.42. The Labute approximate surface area is 323 Å². The van der Waals surface area contributed by atoms with Crippen molar-refractivity contribution in [3.05, 3.63) is 224 Å². The second kappa shape index (κ2) is 16.6. The molecule has 2 aliphatic rings. The Bertz CT molecular complexity index is 2390. The van der Waals surface area contributed by atoms with Gasteiger partial charge in [0, 0.05) is 12.8 Å². The number of allylic oxidation sites excluding steroid dienone is 4. The second-order valence-corrected chi connectivity index (χ2v) is 15.8. The molecule has 2 aliphatic carbocycles. The zero-order chi connectivity index (χ0) is 37.7. The standard InChI is InChI=1S/2C23H18O3S.CH4/c2*24-27(25,26)20-15-19-13-7-8-14-21(19)22(16-20)23(17-9-3-1-4-10-17)18-11-5-2-6-12-18;/h2*1-15H,16H2,(H,24,25,26);1H4. The number of rotatable bonds is 6. The predicted octanol–water partition coefficient (Wildman–Crippen LogP) is 11.2. The molecule has 0 bridgehead atoms. The fraction of sp³-hybridized carbons (Fsp3) is 0.0638. The van der Waals surface area contributed by atoms with Gasteiger partial charge in [0.25, 0.3) is 20.2 Å². The van der Waals surface area contributed by atoms with Gasteiger partial charge >= 0.3 is 0 Å². The summed E-state index contributed by atoms with van der Waals surface area (Å²) in [5.41, 5.74) is 11.3. The molecular weight excluding hydrogens is 725 g/mol. The van der Waals surface area contributed by atoms with Crippen LogP contribution in [-0.2, 0) is 20.2 Å². The van der Waals surface area contributed by atoms with Crippen LogP contribution in [0.3, 0.4) is 0 Å². The van der Waals surface area contributed by atoms with E-state index in [0.29, 0.717) is 0 Å². The van der Waals surface area contributed by atoms with E-state index in [1.54, 1.807) is 12.2 Å². The third-order valence-corrected chi connectivity index (χ3v) is 11.3. The summed E-state index contributed by atoms with van der Waals surface area (Å²) >= 11 is 0.